The van der Waals surface area contributed by atoms with E-state index in [-0.39, 0.29) is 37.0 Å². The molecule has 5 rings (SSSR count). The normalized spacial score (nSPS) is 19.4. The fraction of sp³-hybridized carbons (Fsp3) is 0.471. The number of carbonyl (C=O) groups is 2. The van der Waals surface area contributed by atoms with E-state index in [4.69, 9.17) is 9.47 Å². The number of carboxylic acid groups (broad SMARTS) is 1. The van der Waals surface area contributed by atoms with Gasteiger partial charge in [-0.3, -0.25) is 14.5 Å². The monoisotopic (exact) mass is 604 g/mol. The van der Waals surface area contributed by atoms with Crippen molar-refractivity contribution in [2.45, 2.75) is 77.3 Å². The Kier molecular flexibility index (Phi) is 10.1. The number of aliphatic carboxylic acids is 1. The standard InChI is InChI=1S/C34H41FN4O5/c1-4-7-24(8-5-2)39(25-10-11-27(35)22(3)17-25)32(40)20-38-19-26(23-9-13-29-30(18-23)44-21-43-29)33(34(41)42)28(38)12-14-31-36-15-6-16-37-31/h6,9-11,13,15-18,24,26,28,33H,4-5,7-8,12,14,19-21H2,1-3H3,(H,41,42)/t26-,28-,33+/m1/s1. The lowest BCUT2D eigenvalue weighted by Crippen LogP contribution is -2.48. The van der Waals surface area contributed by atoms with Gasteiger partial charge in [-0.2, -0.15) is 0 Å². The molecule has 3 aromatic rings. The van der Waals surface area contributed by atoms with Crippen LogP contribution in [0, 0.1) is 18.7 Å². The third-order valence-electron chi connectivity index (χ3n) is 8.78. The SMILES string of the molecule is CCCC(CCC)N(C(=O)CN1C[C@H](c2ccc3c(c2)OCO3)[C@H](C(=O)O)[C@H]1CCc1ncccn1)c1ccc(F)c(C)c1. The molecule has 10 heteroatoms. The quantitative estimate of drug-likeness (QED) is 0.263. The number of benzene rings is 2. The Morgan fingerprint density at radius 1 is 1.07 bits per heavy atom. The molecular formula is C34H41FN4O5. The molecule has 0 radical (unpaired) electrons. The highest BCUT2D eigenvalue weighted by atomic mass is 19.1. The molecule has 2 aliphatic rings. The van der Waals surface area contributed by atoms with Crippen LogP contribution in [-0.4, -0.2) is 63.8 Å². The van der Waals surface area contributed by atoms with E-state index in [1.165, 1.54) is 6.07 Å². The molecule has 0 unspecified atom stereocenters. The van der Waals surface area contributed by atoms with Gasteiger partial charge in [-0.05, 0) is 73.7 Å². The Labute approximate surface area is 258 Å². The fourth-order valence-corrected chi connectivity index (χ4v) is 6.73. The Morgan fingerprint density at radius 3 is 2.48 bits per heavy atom. The van der Waals surface area contributed by atoms with E-state index in [1.807, 2.05) is 28.0 Å². The topological polar surface area (TPSA) is 105 Å². The number of aromatic nitrogens is 2. The van der Waals surface area contributed by atoms with Crippen molar-refractivity contribution in [1.29, 1.82) is 0 Å². The van der Waals surface area contributed by atoms with E-state index in [9.17, 15) is 19.1 Å². The maximum Gasteiger partial charge on any atom is 0.308 e. The van der Waals surface area contributed by atoms with Crippen LogP contribution >= 0.6 is 0 Å². The largest absolute Gasteiger partial charge is 0.481 e. The maximum absolute atomic E-state index is 14.4. The lowest BCUT2D eigenvalue weighted by Gasteiger charge is -2.35. The number of ether oxygens (including phenoxy) is 2. The van der Waals surface area contributed by atoms with Crippen LogP contribution in [0.25, 0.3) is 0 Å². The number of likely N-dealkylation sites (tertiary alicyclic amines) is 1. The third kappa shape index (κ3) is 6.85. The second-order valence-electron chi connectivity index (χ2n) is 11.7. The van der Waals surface area contributed by atoms with Gasteiger partial charge in [0.1, 0.15) is 11.6 Å². The van der Waals surface area contributed by atoms with Crippen molar-refractivity contribution in [3.05, 3.63) is 77.6 Å². The summed E-state index contributed by atoms with van der Waals surface area (Å²) in [6.45, 7) is 6.43. The third-order valence-corrected chi connectivity index (χ3v) is 8.78. The van der Waals surface area contributed by atoms with Gasteiger partial charge in [0.15, 0.2) is 11.5 Å². The van der Waals surface area contributed by atoms with E-state index in [2.05, 4.69) is 23.8 Å². The number of carboxylic acids is 1. The first-order valence-electron chi connectivity index (χ1n) is 15.5. The average Bonchev–Trinajstić information content (AvgIpc) is 3.63. The van der Waals surface area contributed by atoms with Gasteiger partial charge < -0.3 is 19.5 Å². The lowest BCUT2D eigenvalue weighted by atomic mass is 9.83. The molecule has 3 atom stereocenters. The molecular weight excluding hydrogens is 563 g/mol. The highest BCUT2D eigenvalue weighted by molar-refractivity contribution is 5.95. The van der Waals surface area contributed by atoms with Gasteiger partial charge in [-0.15, -0.1) is 0 Å². The average molecular weight is 605 g/mol. The van der Waals surface area contributed by atoms with Crippen molar-refractivity contribution in [2.24, 2.45) is 5.92 Å². The van der Waals surface area contributed by atoms with Crippen molar-refractivity contribution in [3.8, 4) is 11.5 Å². The number of anilines is 1. The summed E-state index contributed by atoms with van der Waals surface area (Å²) in [5.41, 5.74) is 1.97. The number of amides is 1. The molecule has 1 amide bonds. The summed E-state index contributed by atoms with van der Waals surface area (Å²) < 4.78 is 25.4. The second kappa shape index (κ2) is 14.2. The maximum atomic E-state index is 14.4. The van der Waals surface area contributed by atoms with Crippen LogP contribution in [0.4, 0.5) is 10.1 Å². The first-order chi connectivity index (χ1) is 21.3. The first-order valence-corrected chi connectivity index (χ1v) is 15.5. The predicted octanol–water partition coefficient (Wildman–Crippen LogP) is 5.76. The Balaban J connectivity index is 1.49. The van der Waals surface area contributed by atoms with Gasteiger partial charge in [0, 0.05) is 49.0 Å². The van der Waals surface area contributed by atoms with Crippen LogP contribution in [0.2, 0.25) is 0 Å². The van der Waals surface area contributed by atoms with E-state index in [0.29, 0.717) is 48.0 Å². The fourth-order valence-electron chi connectivity index (χ4n) is 6.73. The van der Waals surface area contributed by atoms with E-state index < -0.39 is 17.9 Å². The van der Waals surface area contributed by atoms with Crippen molar-refractivity contribution < 1.29 is 28.6 Å². The summed E-state index contributed by atoms with van der Waals surface area (Å²) in [5, 5.41) is 10.6. The summed E-state index contributed by atoms with van der Waals surface area (Å²) >= 11 is 0. The summed E-state index contributed by atoms with van der Waals surface area (Å²) in [4.78, 5) is 39.8. The van der Waals surface area contributed by atoms with Crippen LogP contribution in [0.5, 0.6) is 11.5 Å². The number of carbonyl (C=O) groups excluding carboxylic acids is 1. The number of fused-ring (bicyclic) bond motifs is 1. The Hall–Kier alpha value is -4.05. The molecule has 44 heavy (non-hydrogen) atoms. The Morgan fingerprint density at radius 2 is 1.80 bits per heavy atom. The number of nitrogens with zero attached hydrogens (tertiary/aromatic N) is 4. The van der Waals surface area contributed by atoms with Crippen LogP contribution in [0.15, 0.2) is 54.9 Å². The Bertz CT molecular complexity index is 1450. The molecule has 1 aromatic heterocycles. The van der Waals surface area contributed by atoms with Gasteiger partial charge in [-0.25, -0.2) is 14.4 Å². The van der Waals surface area contributed by atoms with Gasteiger partial charge in [0.25, 0.3) is 0 Å². The van der Waals surface area contributed by atoms with Gasteiger partial charge in [0.05, 0.1) is 12.5 Å². The highest BCUT2D eigenvalue weighted by Gasteiger charge is 2.47. The zero-order chi connectivity index (χ0) is 31.2. The van der Waals surface area contributed by atoms with E-state index in [1.54, 1.807) is 37.5 Å². The van der Waals surface area contributed by atoms with Crippen LogP contribution in [0.3, 0.4) is 0 Å². The molecule has 0 aliphatic carbocycles. The number of hydrogen-bond donors (Lipinski definition) is 1. The number of aryl methyl sites for hydroxylation is 2. The van der Waals surface area contributed by atoms with Crippen molar-refractivity contribution in [1.82, 2.24) is 14.9 Å². The molecule has 1 N–H and O–H groups in total. The molecule has 2 aliphatic heterocycles. The zero-order valence-electron chi connectivity index (χ0n) is 25.6. The first kappa shape index (κ1) is 31.4. The van der Waals surface area contributed by atoms with E-state index in [0.717, 1.165) is 31.2 Å². The number of rotatable bonds is 13. The van der Waals surface area contributed by atoms with Crippen molar-refractivity contribution in [2.75, 3.05) is 24.8 Å². The highest BCUT2D eigenvalue weighted by Crippen LogP contribution is 2.43. The molecule has 0 spiro atoms. The predicted molar refractivity (Wildman–Crippen MR) is 164 cm³/mol. The molecule has 0 bridgehead atoms. The minimum atomic E-state index is -0.914. The molecule has 9 nitrogen and oxygen atoms in total. The van der Waals surface area contributed by atoms with Gasteiger partial charge in [0.2, 0.25) is 12.7 Å². The van der Waals surface area contributed by atoms with Crippen molar-refractivity contribution in [3.63, 3.8) is 0 Å². The zero-order valence-corrected chi connectivity index (χ0v) is 25.6. The minimum Gasteiger partial charge on any atom is -0.481 e. The van der Waals surface area contributed by atoms with E-state index >= 15 is 0 Å². The minimum absolute atomic E-state index is 0.0332. The molecule has 234 valence electrons. The molecule has 2 aromatic carbocycles. The summed E-state index contributed by atoms with van der Waals surface area (Å²) in [5.74, 6) is -0.648. The number of halogens is 1. The van der Waals surface area contributed by atoms with Crippen molar-refractivity contribution >= 4 is 17.6 Å². The summed E-state index contributed by atoms with van der Waals surface area (Å²) in [7, 11) is 0. The second-order valence-corrected chi connectivity index (χ2v) is 11.7. The molecule has 3 heterocycles. The molecule has 1 fully saturated rings. The van der Waals surface area contributed by atoms with Crippen LogP contribution in [-0.2, 0) is 16.0 Å². The molecule has 0 saturated carbocycles. The van der Waals surface area contributed by atoms with Gasteiger partial charge in [-0.1, -0.05) is 32.8 Å². The summed E-state index contributed by atoms with van der Waals surface area (Å²) in [6.07, 6.45) is 7.70. The summed E-state index contributed by atoms with van der Waals surface area (Å²) in [6, 6.07) is 11.6. The van der Waals surface area contributed by atoms with Crippen LogP contribution in [0.1, 0.15) is 68.8 Å². The van der Waals surface area contributed by atoms with Crippen LogP contribution < -0.4 is 14.4 Å². The lowest BCUT2D eigenvalue weighted by molar-refractivity contribution is -0.143. The smallest absolute Gasteiger partial charge is 0.308 e. The number of hydrogen-bond acceptors (Lipinski definition) is 7. The molecule has 1 saturated heterocycles. The van der Waals surface area contributed by atoms with Gasteiger partial charge >= 0.3 is 5.97 Å².